The van der Waals surface area contributed by atoms with E-state index in [9.17, 15) is 14.0 Å². The number of nitrogens with zero attached hydrogens (tertiary/aromatic N) is 1. The van der Waals surface area contributed by atoms with Crippen molar-refractivity contribution in [1.29, 1.82) is 0 Å². The second-order valence-electron chi connectivity index (χ2n) is 6.70. The van der Waals surface area contributed by atoms with Gasteiger partial charge in [-0.1, -0.05) is 12.1 Å². The molecule has 3 rings (SSSR count). The average molecular weight is 370 g/mol. The van der Waals surface area contributed by atoms with Crippen molar-refractivity contribution in [3.63, 3.8) is 0 Å². The normalized spacial score (nSPS) is 14.8. The van der Waals surface area contributed by atoms with E-state index < -0.39 is 0 Å². The standard InChI is InChI=1S/C21H23FN2O3/c1-27-14-15-3-2-4-19(13-15)23-20(25)16-9-11-24(12-10-16)21(26)17-5-7-18(22)8-6-17/h2-8,13,16H,9-12,14H2,1H3,(H,23,25). The molecule has 2 aromatic carbocycles. The Balaban J connectivity index is 1.54. The summed E-state index contributed by atoms with van der Waals surface area (Å²) in [6.07, 6.45) is 1.22. The summed E-state index contributed by atoms with van der Waals surface area (Å²) in [5.41, 5.74) is 2.21. The van der Waals surface area contributed by atoms with E-state index in [0.29, 0.717) is 38.1 Å². The van der Waals surface area contributed by atoms with Gasteiger partial charge >= 0.3 is 0 Å². The molecule has 0 atom stereocenters. The number of anilines is 1. The number of hydrogen-bond donors (Lipinski definition) is 1. The van der Waals surface area contributed by atoms with E-state index >= 15 is 0 Å². The van der Waals surface area contributed by atoms with Crippen LogP contribution in [0.2, 0.25) is 0 Å². The summed E-state index contributed by atoms with van der Waals surface area (Å²) in [7, 11) is 1.63. The molecular formula is C21H23FN2O3. The Bertz CT molecular complexity index is 799. The third-order valence-electron chi connectivity index (χ3n) is 4.75. The quantitative estimate of drug-likeness (QED) is 0.877. The lowest BCUT2D eigenvalue weighted by Crippen LogP contribution is -2.41. The number of carbonyl (C=O) groups excluding carboxylic acids is 2. The van der Waals surface area contributed by atoms with Crippen LogP contribution in [0.3, 0.4) is 0 Å². The number of ether oxygens (including phenoxy) is 1. The number of piperidine rings is 1. The molecule has 1 N–H and O–H groups in total. The molecule has 27 heavy (non-hydrogen) atoms. The summed E-state index contributed by atoms with van der Waals surface area (Å²) in [5, 5.41) is 2.95. The third kappa shape index (κ3) is 4.92. The maximum atomic E-state index is 13.0. The van der Waals surface area contributed by atoms with Gasteiger partial charge in [0.15, 0.2) is 0 Å². The molecule has 0 spiro atoms. The molecular weight excluding hydrogens is 347 g/mol. The van der Waals surface area contributed by atoms with E-state index in [1.165, 1.54) is 24.3 Å². The van der Waals surface area contributed by atoms with Gasteiger partial charge in [0, 0.05) is 37.4 Å². The molecule has 2 amide bonds. The average Bonchev–Trinajstić information content (AvgIpc) is 2.69. The molecule has 0 saturated carbocycles. The van der Waals surface area contributed by atoms with Gasteiger partial charge in [-0.05, 0) is 54.8 Å². The fourth-order valence-corrected chi connectivity index (χ4v) is 3.27. The Hall–Kier alpha value is -2.73. The van der Waals surface area contributed by atoms with Crippen LogP contribution < -0.4 is 5.32 Å². The third-order valence-corrected chi connectivity index (χ3v) is 4.75. The summed E-state index contributed by atoms with van der Waals surface area (Å²) in [4.78, 5) is 26.7. The summed E-state index contributed by atoms with van der Waals surface area (Å²) >= 11 is 0. The summed E-state index contributed by atoms with van der Waals surface area (Å²) in [6.45, 7) is 1.52. The molecule has 142 valence electrons. The van der Waals surface area contributed by atoms with E-state index in [4.69, 9.17) is 4.74 Å². The van der Waals surface area contributed by atoms with Gasteiger partial charge in [0.2, 0.25) is 5.91 Å². The first-order chi connectivity index (χ1) is 13.1. The Labute approximate surface area is 158 Å². The number of likely N-dealkylation sites (tertiary alicyclic amines) is 1. The van der Waals surface area contributed by atoms with E-state index in [-0.39, 0.29) is 23.5 Å². The molecule has 0 radical (unpaired) electrons. The van der Waals surface area contributed by atoms with Gasteiger partial charge < -0.3 is 15.0 Å². The van der Waals surface area contributed by atoms with Crippen LogP contribution in [-0.4, -0.2) is 36.9 Å². The van der Waals surface area contributed by atoms with Gasteiger partial charge in [-0.2, -0.15) is 0 Å². The minimum absolute atomic E-state index is 0.0292. The van der Waals surface area contributed by atoms with Crippen molar-refractivity contribution in [3.05, 3.63) is 65.5 Å². The molecule has 0 bridgehead atoms. The first kappa shape index (κ1) is 19.0. The first-order valence-electron chi connectivity index (χ1n) is 9.00. The lowest BCUT2D eigenvalue weighted by molar-refractivity contribution is -0.121. The fraction of sp³-hybridized carbons (Fsp3) is 0.333. The van der Waals surface area contributed by atoms with Gasteiger partial charge in [0.05, 0.1) is 6.61 Å². The van der Waals surface area contributed by atoms with Gasteiger partial charge in [-0.25, -0.2) is 4.39 Å². The highest BCUT2D eigenvalue weighted by molar-refractivity contribution is 5.95. The molecule has 2 aromatic rings. The number of rotatable bonds is 5. The maximum Gasteiger partial charge on any atom is 0.253 e. The van der Waals surface area contributed by atoms with Crippen LogP contribution in [0.25, 0.3) is 0 Å². The van der Waals surface area contributed by atoms with Crippen LogP contribution >= 0.6 is 0 Å². The number of carbonyl (C=O) groups is 2. The largest absolute Gasteiger partial charge is 0.380 e. The molecule has 5 nitrogen and oxygen atoms in total. The first-order valence-corrected chi connectivity index (χ1v) is 9.00. The van der Waals surface area contributed by atoms with E-state index in [2.05, 4.69) is 5.32 Å². The maximum absolute atomic E-state index is 13.0. The van der Waals surface area contributed by atoms with Crippen molar-refractivity contribution in [1.82, 2.24) is 4.90 Å². The van der Waals surface area contributed by atoms with Crippen LogP contribution in [0.1, 0.15) is 28.8 Å². The number of methoxy groups -OCH3 is 1. The molecule has 1 fully saturated rings. The van der Waals surface area contributed by atoms with Crippen LogP contribution in [0.5, 0.6) is 0 Å². The minimum Gasteiger partial charge on any atom is -0.380 e. The van der Waals surface area contributed by atoms with Crippen LogP contribution in [0.4, 0.5) is 10.1 Å². The molecule has 1 heterocycles. The monoisotopic (exact) mass is 370 g/mol. The Morgan fingerprint density at radius 3 is 2.52 bits per heavy atom. The number of halogens is 1. The molecule has 0 aromatic heterocycles. The van der Waals surface area contributed by atoms with Gasteiger partial charge in [0.1, 0.15) is 5.82 Å². The van der Waals surface area contributed by atoms with E-state index in [1.807, 2.05) is 24.3 Å². The SMILES string of the molecule is COCc1cccc(NC(=O)C2CCN(C(=O)c3ccc(F)cc3)CC2)c1. The Morgan fingerprint density at radius 1 is 1.15 bits per heavy atom. The van der Waals surface area contributed by atoms with Crippen LogP contribution in [0.15, 0.2) is 48.5 Å². The molecule has 0 unspecified atom stereocenters. The predicted octanol–water partition coefficient (Wildman–Crippen LogP) is 3.46. The van der Waals surface area contributed by atoms with Crippen LogP contribution in [-0.2, 0) is 16.1 Å². The highest BCUT2D eigenvalue weighted by atomic mass is 19.1. The number of hydrogen-bond acceptors (Lipinski definition) is 3. The molecule has 1 aliphatic rings. The van der Waals surface area contributed by atoms with Crippen molar-refractivity contribution >= 4 is 17.5 Å². The summed E-state index contributed by atoms with van der Waals surface area (Å²) < 4.78 is 18.1. The predicted molar refractivity (Wildman–Crippen MR) is 101 cm³/mol. The van der Waals surface area contributed by atoms with Crippen molar-refractivity contribution in [2.75, 3.05) is 25.5 Å². The van der Waals surface area contributed by atoms with E-state index in [0.717, 1.165) is 11.3 Å². The second kappa shape index (κ2) is 8.77. The zero-order chi connectivity index (χ0) is 19.2. The highest BCUT2D eigenvalue weighted by Crippen LogP contribution is 2.21. The van der Waals surface area contributed by atoms with Crippen molar-refractivity contribution in [2.24, 2.45) is 5.92 Å². The Kier molecular flexibility index (Phi) is 6.19. The van der Waals surface area contributed by atoms with Crippen molar-refractivity contribution < 1.29 is 18.7 Å². The van der Waals surface area contributed by atoms with Gasteiger partial charge in [-0.3, -0.25) is 9.59 Å². The van der Waals surface area contributed by atoms with Crippen molar-refractivity contribution in [2.45, 2.75) is 19.4 Å². The lowest BCUT2D eigenvalue weighted by Gasteiger charge is -2.31. The summed E-state index contributed by atoms with van der Waals surface area (Å²) in [6, 6.07) is 13.1. The van der Waals surface area contributed by atoms with Gasteiger partial charge in [0.25, 0.3) is 5.91 Å². The smallest absolute Gasteiger partial charge is 0.253 e. The Morgan fingerprint density at radius 2 is 1.85 bits per heavy atom. The second-order valence-corrected chi connectivity index (χ2v) is 6.70. The number of nitrogens with one attached hydrogen (secondary N) is 1. The van der Waals surface area contributed by atoms with Crippen molar-refractivity contribution in [3.8, 4) is 0 Å². The topological polar surface area (TPSA) is 58.6 Å². The van der Waals surface area contributed by atoms with E-state index in [1.54, 1.807) is 12.0 Å². The van der Waals surface area contributed by atoms with Gasteiger partial charge in [-0.15, -0.1) is 0 Å². The summed E-state index contributed by atoms with van der Waals surface area (Å²) in [5.74, 6) is -0.649. The lowest BCUT2D eigenvalue weighted by atomic mass is 9.95. The van der Waals surface area contributed by atoms with Crippen LogP contribution in [0, 0.1) is 11.7 Å². The molecule has 1 aliphatic heterocycles. The highest BCUT2D eigenvalue weighted by Gasteiger charge is 2.27. The number of amides is 2. The zero-order valence-corrected chi connectivity index (χ0v) is 15.3. The fourth-order valence-electron chi connectivity index (χ4n) is 3.27. The minimum atomic E-state index is -0.364. The molecule has 6 heteroatoms. The zero-order valence-electron chi connectivity index (χ0n) is 15.3. The molecule has 0 aliphatic carbocycles. The number of benzene rings is 2. The molecule has 1 saturated heterocycles.